The Morgan fingerprint density at radius 3 is 2.79 bits per heavy atom. The summed E-state index contributed by atoms with van der Waals surface area (Å²) < 4.78 is 5.95. The average Bonchev–Trinajstić information content (AvgIpc) is 2.36. The molecule has 3 nitrogen and oxygen atoms in total. The molecule has 2 N–H and O–H groups in total. The standard InChI is InChI=1S/C16H31NO2/c1-15(2,8-6-9-18)11-17-13-12-7-5-10-19-14(12)16(13,3)4/h12-14,17-18H,5-11H2,1-4H3. The maximum atomic E-state index is 8.96. The van der Waals surface area contributed by atoms with E-state index in [1.165, 1.54) is 12.8 Å². The zero-order valence-corrected chi connectivity index (χ0v) is 13.0. The van der Waals surface area contributed by atoms with Gasteiger partial charge in [0.2, 0.25) is 0 Å². The average molecular weight is 269 g/mol. The first-order valence-electron chi connectivity index (χ1n) is 7.84. The van der Waals surface area contributed by atoms with Crippen LogP contribution in [0, 0.1) is 16.7 Å². The molecule has 0 aromatic heterocycles. The predicted molar refractivity (Wildman–Crippen MR) is 78.1 cm³/mol. The molecule has 0 radical (unpaired) electrons. The molecule has 1 aliphatic heterocycles. The van der Waals surface area contributed by atoms with Gasteiger partial charge in [0.1, 0.15) is 0 Å². The smallest absolute Gasteiger partial charge is 0.0684 e. The van der Waals surface area contributed by atoms with Crippen molar-refractivity contribution in [2.45, 2.75) is 65.5 Å². The minimum absolute atomic E-state index is 0.262. The Kier molecular flexibility index (Phi) is 4.59. The van der Waals surface area contributed by atoms with Gasteiger partial charge < -0.3 is 15.2 Å². The van der Waals surface area contributed by atoms with E-state index in [-0.39, 0.29) is 10.8 Å². The summed E-state index contributed by atoms with van der Waals surface area (Å²) in [6, 6.07) is 0.589. The second-order valence-corrected chi connectivity index (χ2v) is 7.77. The van der Waals surface area contributed by atoms with Crippen LogP contribution in [0.4, 0.5) is 0 Å². The minimum atomic E-state index is 0.262. The van der Waals surface area contributed by atoms with E-state index in [0.29, 0.717) is 24.7 Å². The van der Waals surface area contributed by atoms with Crippen molar-refractivity contribution in [2.24, 2.45) is 16.7 Å². The van der Waals surface area contributed by atoms with Crippen LogP contribution in [0.3, 0.4) is 0 Å². The van der Waals surface area contributed by atoms with Gasteiger partial charge in [0.05, 0.1) is 6.10 Å². The molecule has 0 aromatic carbocycles. The molecule has 1 saturated heterocycles. The van der Waals surface area contributed by atoms with Gasteiger partial charge in [-0.1, -0.05) is 27.7 Å². The number of rotatable bonds is 6. The lowest BCUT2D eigenvalue weighted by molar-refractivity contribution is -0.193. The Morgan fingerprint density at radius 1 is 1.37 bits per heavy atom. The molecule has 19 heavy (non-hydrogen) atoms. The van der Waals surface area contributed by atoms with Crippen molar-refractivity contribution in [3.8, 4) is 0 Å². The highest BCUT2D eigenvalue weighted by molar-refractivity contribution is 5.10. The number of ether oxygens (including phenoxy) is 1. The molecule has 112 valence electrons. The summed E-state index contributed by atoms with van der Waals surface area (Å²) in [7, 11) is 0. The van der Waals surface area contributed by atoms with Crippen molar-refractivity contribution >= 4 is 0 Å². The maximum absolute atomic E-state index is 8.96. The highest BCUT2D eigenvalue weighted by Gasteiger charge is 2.57. The van der Waals surface area contributed by atoms with Gasteiger partial charge in [-0.05, 0) is 31.1 Å². The van der Waals surface area contributed by atoms with Crippen molar-refractivity contribution in [1.29, 1.82) is 0 Å². The molecule has 3 heteroatoms. The van der Waals surface area contributed by atoms with Crippen LogP contribution in [0.15, 0.2) is 0 Å². The summed E-state index contributed by atoms with van der Waals surface area (Å²) in [5.74, 6) is 0.706. The molecule has 3 unspecified atom stereocenters. The second kappa shape index (κ2) is 5.71. The molecule has 1 heterocycles. The molecule has 2 aliphatic rings. The van der Waals surface area contributed by atoms with Crippen LogP contribution in [0.2, 0.25) is 0 Å². The van der Waals surface area contributed by atoms with Gasteiger partial charge in [0.25, 0.3) is 0 Å². The van der Waals surface area contributed by atoms with E-state index >= 15 is 0 Å². The fourth-order valence-electron chi connectivity index (χ4n) is 3.97. The van der Waals surface area contributed by atoms with Crippen LogP contribution in [0.25, 0.3) is 0 Å². The maximum Gasteiger partial charge on any atom is 0.0684 e. The molecule has 1 aliphatic carbocycles. The summed E-state index contributed by atoms with van der Waals surface area (Å²) in [6.07, 6.45) is 4.96. The first kappa shape index (κ1) is 15.3. The molecule has 3 atom stereocenters. The quantitative estimate of drug-likeness (QED) is 0.779. The van der Waals surface area contributed by atoms with Crippen molar-refractivity contribution in [3.63, 3.8) is 0 Å². The summed E-state index contributed by atoms with van der Waals surface area (Å²) in [5, 5.41) is 12.8. The molecule has 2 fully saturated rings. The van der Waals surface area contributed by atoms with Gasteiger partial charge in [0.15, 0.2) is 0 Å². The number of hydrogen-bond acceptors (Lipinski definition) is 3. The third kappa shape index (κ3) is 3.14. The number of hydrogen-bond donors (Lipinski definition) is 2. The van der Waals surface area contributed by atoms with Crippen molar-refractivity contribution in [2.75, 3.05) is 19.8 Å². The monoisotopic (exact) mass is 269 g/mol. The number of fused-ring (bicyclic) bond motifs is 1. The highest BCUT2D eigenvalue weighted by atomic mass is 16.5. The molecule has 0 aromatic rings. The lowest BCUT2D eigenvalue weighted by Crippen LogP contribution is -2.69. The van der Waals surface area contributed by atoms with Crippen LogP contribution in [-0.2, 0) is 4.74 Å². The van der Waals surface area contributed by atoms with Crippen LogP contribution in [0.1, 0.15) is 53.4 Å². The first-order chi connectivity index (χ1) is 8.88. The lowest BCUT2D eigenvalue weighted by atomic mass is 9.55. The van der Waals surface area contributed by atoms with Crippen LogP contribution in [0.5, 0.6) is 0 Å². The van der Waals surface area contributed by atoms with Crippen molar-refractivity contribution < 1.29 is 9.84 Å². The third-order valence-corrected chi connectivity index (χ3v) is 5.14. The second-order valence-electron chi connectivity index (χ2n) is 7.77. The largest absolute Gasteiger partial charge is 0.396 e. The third-order valence-electron chi connectivity index (χ3n) is 5.14. The Morgan fingerprint density at radius 2 is 2.11 bits per heavy atom. The van der Waals surface area contributed by atoms with Gasteiger partial charge >= 0.3 is 0 Å². The summed E-state index contributed by atoms with van der Waals surface area (Å²) in [5.41, 5.74) is 0.525. The van der Waals surface area contributed by atoms with Gasteiger partial charge in [-0.3, -0.25) is 0 Å². The Labute approximate surface area is 118 Å². The van der Waals surface area contributed by atoms with E-state index in [2.05, 4.69) is 33.0 Å². The molecule has 0 bridgehead atoms. The fourth-order valence-corrected chi connectivity index (χ4v) is 3.97. The van der Waals surface area contributed by atoms with Crippen LogP contribution < -0.4 is 5.32 Å². The van der Waals surface area contributed by atoms with E-state index in [1.807, 2.05) is 0 Å². The minimum Gasteiger partial charge on any atom is -0.396 e. The Balaban J connectivity index is 1.85. The predicted octanol–water partition coefficient (Wildman–Crippen LogP) is 2.58. The summed E-state index contributed by atoms with van der Waals surface area (Å²) >= 11 is 0. The van der Waals surface area contributed by atoms with Gasteiger partial charge in [-0.25, -0.2) is 0 Å². The molecular weight excluding hydrogens is 238 g/mol. The number of aliphatic hydroxyl groups is 1. The van der Waals surface area contributed by atoms with Gasteiger partial charge in [0, 0.05) is 37.1 Å². The molecule has 2 rings (SSSR count). The summed E-state index contributed by atoms with van der Waals surface area (Å²) in [6.45, 7) is 11.5. The van der Waals surface area contributed by atoms with Gasteiger partial charge in [-0.2, -0.15) is 0 Å². The Bertz CT molecular complexity index is 301. The van der Waals surface area contributed by atoms with E-state index < -0.39 is 0 Å². The molecule has 0 amide bonds. The lowest BCUT2D eigenvalue weighted by Gasteiger charge is -2.60. The van der Waals surface area contributed by atoms with E-state index in [4.69, 9.17) is 9.84 Å². The van der Waals surface area contributed by atoms with Crippen LogP contribution in [-0.4, -0.2) is 37.0 Å². The van der Waals surface area contributed by atoms with Crippen LogP contribution >= 0.6 is 0 Å². The zero-order chi connectivity index (χ0) is 14.1. The van der Waals surface area contributed by atoms with Crippen molar-refractivity contribution in [1.82, 2.24) is 5.32 Å². The highest BCUT2D eigenvalue weighted by Crippen LogP contribution is 2.51. The van der Waals surface area contributed by atoms with E-state index in [0.717, 1.165) is 26.0 Å². The molecule has 0 spiro atoms. The van der Waals surface area contributed by atoms with Gasteiger partial charge in [-0.15, -0.1) is 0 Å². The normalized spacial score (nSPS) is 33.6. The number of nitrogens with one attached hydrogen (secondary N) is 1. The van der Waals surface area contributed by atoms with Crippen molar-refractivity contribution in [3.05, 3.63) is 0 Å². The zero-order valence-electron chi connectivity index (χ0n) is 13.0. The Hall–Kier alpha value is -0.120. The fraction of sp³-hybridized carbons (Fsp3) is 1.00. The molecular formula is C16H31NO2. The number of aliphatic hydroxyl groups excluding tert-OH is 1. The van der Waals surface area contributed by atoms with E-state index in [1.54, 1.807) is 0 Å². The van der Waals surface area contributed by atoms with E-state index in [9.17, 15) is 0 Å². The first-order valence-corrected chi connectivity index (χ1v) is 7.84. The molecule has 1 saturated carbocycles. The SMILES string of the molecule is CC(C)(CCCO)CNC1C2CCCOC2C1(C)C. The summed E-state index contributed by atoms with van der Waals surface area (Å²) in [4.78, 5) is 0. The topological polar surface area (TPSA) is 41.5 Å².